The van der Waals surface area contributed by atoms with Crippen LogP contribution in [-0.2, 0) is 6.54 Å². The van der Waals surface area contributed by atoms with Crippen molar-refractivity contribution in [3.8, 4) is 11.3 Å². The van der Waals surface area contributed by atoms with E-state index in [4.69, 9.17) is 5.73 Å². The van der Waals surface area contributed by atoms with Crippen LogP contribution in [0.4, 0.5) is 4.79 Å². The first kappa shape index (κ1) is 16.0. The van der Waals surface area contributed by atoms with Gasteiger partial charge in [-0.15, -0.1) is 0 Å². The van der Waals surface area contributed by atoms with Gasteiger partial charge in [0, 0.05) is 35.4 Å². The lowest BCUT2D eigenvalue weighted by Crippen LogP contribution is -2.33. The van der Waals surface area contributed by atoms with E-state index in [-0.39, 0.29) is 6.54 Å². The van der Waals surface area contributed by atoms with Crippen molar-refractivity contribution in [2.45, 2.75) is 19.4 Å². The Bertz CT molecular complexity index is 829. The van der Waals surface area contributed by atoms with Gasteiger partial charge in [-0.05, 0) is 37.1 Å². The fraction of sp³-hybridized carbons (Fsp3) is 0.222. The molecule has 3 N–H and O–H groups in total. The molecular formula is C18H20N4O2. The van der Waals surface area contributed by atoms with Gasteiger partial charge >= 0.3 is 6.03 Å². The van der Waals surface area contributed by atoms with E-state index in [1.807, 2.05) is 30.5 Å². The van der Waals surface area contributed by atoms with Crippen molar-refractivity contribution in [1.82, 2.24) is 14.6 Å². The van der Waals surface area contributed by atoms with Gasteiger partial charge in [-0.1, -0.05) is 18.2 Å². The SMILES string of the molecule is NC(=O)N(O)CCCCn1c(-c2cccnc2)cc2ccccc21. The second-order valence-corrected chi connectivity index (χ2v) is 5.65. The number of benzene rings is 1. The van der Waals surface area contributed by atoms with Gasteiger partial charge in [0.05, 0.1) is 12.2 Å². The first-order valence-electron chi connectivity index (χ1n) is 7.91. The van der Waals surface area contributed by atoms with E-state index in [0.717, 1.165) is 29.7 Å². The molecule has 124 valence electrons. The summed E-state index contributed by atoms with van der Waals surface area (Å²) in [5, 5.41) is 11.1. The summed E-state index contributed by atoms with van der Waals surface area (Å²) < 4.78 is 2.25. The van der Waals surface area contributed by atoms with Crippen LogP contribution < -0.4 is 5.73 Å². The molecule has 0 unspecified atom stereocenters. The lowest BCUT2D eigenvalue weighted by molar-refractivity contribution is -0.0403. The minimum Gasteiger partial charge on any atom is -0.350 e. The standard InChI is InChI=1S/C18H20N4O2/c19-18(23)22(24)11-4-3-10-21-16-8-2-1-6-14(16)12-17(21)15-7-5-9-20-13-15/h1-2,5-9,12-13,24H,3-4,10-11H2,(H2,19,23). The number of unbranched alkanes of at least 4 members (excludes halogenated alkanes) is 1. The number of amides is 2. The number of hydrogen-bond donors (Lipinski definition) is 2. The van der Waals surface area contributed by atoms with Crippen LogP contribution in [0.25, 0.3) is 22.2 Å². The van der Waals surface area contributed by atoms with Gasteiger partial charge < -0.3 is 10.3 Å². The maximum Gasteiger partial charge on any atom is 0.338 e. The number of rotatable bonds is 6. The summed E-state index contributed by atoms with van der Waals surface area (Å²) in [4.78, 5) is 15.0. The number of carbonyl (C=O) groups excluding carboxylic acids is 1. The van der Waals surface area contributed by atoms with Gasteiger partial charge in [-0.2, -0.15) is 0 Å². The highest BCUT2D eigenvalue weighted by molar-refractivity contribution is 5.86. The van der Waals surface area contributed by atoms with Gasteiger partial charge in [0.2, 0.25) is 0 Å². The monoisotopic (exact) mass is 324 g/mol. The van der Waals surface area contributed by atoms with Crippen molar-refractivity contribution in [3.63, 3.8) is 0 Å². The second-order valence-electron chi connectivity index (χ2n) is 5.65. The van der Waals surface area contributed by atoms with Gasteiger partial charge in [0.25, 0.3) is 0 Å². The Kier molecular flexibility index (Phi) is 4.77. The first-order chi connectivity index (χ1) is 11.7. The van der Waals surface area contributed by atoms with Crippen LogP contribution in [0, 0.1) is 0 Å². The van der Waals surface area contributed by atoms with E-state index >= 15 is 0 Å². The highest BCUT2D eigenvalue weighted by Crippen LogP contribution is 2.28. The van der Waals surface area contributed by atoms with Crippen LogP contribution in [0.15, 0.2) is 54.9 Å². The highest BCUT2D eigenvalue weighted by Gasteiger charge is 2.11. The predicted molar refractivity (Wildman–Crippen MR) is 92.5 cm³/mol. The highest BCUT2D eigenvalue weighted by atomic mass is 16.5. The van der Waals surface area contributed by atoms with Crippen molar-refractivity contribution in [2.75, 3.05) is 6.54 Å². The molecular weight excluding hydrogens is 304 g/mol. The number of nitrogens with two attached hydrogens (primary N) is 1. The molecule has 24 heavy (non-hydrogen) atoms. The smallest absolute Gasteiger partial charge is 0.338 e. The lowest BCUT2D eigenvalue weighted by Gasteiger charge is -2.13. The Morgan fingerprint density at radius 2 is 2.04 bits per heavy atom. The Labute approximate surface area is 140 Å². The fourth-order valence-corrected chi connectivity index (χ4v) is 2.85. The van der Waals surface area contributed by atoms with E-state index in [1.54, 1.807) is 6.20 Å². The number of para-hydroxylation sites is 1. The van der Waals surface area contributed by atoms with Crippen molar-refractivity contribution in [1.29, 1.82) is 0 Å². The Balaban J connectivity index is 1.82. The molecule has 0 saturated carbocycles. The third-order valence-corrected chi connectivity index (χ3v) is 4.02. The molecule has 0 aliphatic heterocycles. The molecule has 6 heteroatoms. The molecule has 0 aliphatic rings. The second kappa shape index (κ2) is 7.14. The molecule has 2 amide bonds. The van der Waals surface area contributed by atoms with Crippen LogP contribution >= 0.6 is 0 Å². The number of hydrogen-bond acceptors (Lipinski definition) is 3. The van der Waals surface area contributed by atoms with Crippen molar-refractivity contribution < 1.29 is 10.0 Å². The number of fused-ring (bicyclic) bond motifs is 1. The molecule has 3 aromatic rings. The topological polar surface area (TPSA) is 84.4 Å². The van der Waals surface area contributed by atoms with E-state index in [9.17, 15) is 10.0 Å². The molecule has 0 spiro atoms. The average Bonchev–Trinajstić information content (AvgIpc) is 2.98. The summed E-state index contributed by atoms with van der Waals surface area (Å²) in [6.45, 7) is 1.01. The zero-order valence-corrected chi connectivity index (χ0v) is 13.3. The molecule has 0 fully saturated rings. The fourth-order valence-electron chi connectivity index (χ4n) is 2.85. The molecule has 0 saturated heterocycles. The zero-order chi connectivity index (χ0) is 16.9. The third kappa shape index (κ3) is 3.38. The third-order valence-electron chi connectivity index (χ3n) is 4.02. The number of primary amides is 1. The number of aromatic nitrogens is 2. The largest absolute Gasteiger partial charge is 0.350 e. The van der Waals surface area contributed by atoms with Gasteiger partial charge in [-0.25, -0.2) is 9.86 Å². The molecule has 0 bridgehead atoms. The minimum absolute atomic E-state index is 0.233. The maximum absolute atomic E-state index is 10.8. The molecule has 3 rings (SSSR count). The molecule has 6 nitrogen and oxygen atoms in total. The molecule has 0 aliphatic carbocycles. The van der Waals surface area contributed by atoms with Crippen molar-refractivity contribution in [2.24, 2.45) is 5.73 Å². The number of nitrogens with zero attached hydrogens (tertiary/aromatic N) is 3. The van der Waals surface area contributed by atoms with Crippen LogP contribution in [0.3, 0.4) is 0 Å². The Hall–Kier alpha value is -2.86. The van der Waals surface area contributed by atoms with Gasteiger partial charge in [0.1, 0.15) is 0 Å². The van der Waals surface area contributed by atoms with Crippen LogP contribution in [-0.4, -0.2) is 32.4 Å². The van der Waals surface area contributed by atoms with Crippen LogP contribution in [0.5, 0.6) is 0 Å². The van der Waals surface area contributed by atoms with E-state index in [0.29, 0.717) is 11.5 Å². The summed E-state index contributed by atoms with van der Waals surface area (Å²) in [7, 11) is 0. The van der Waals surface area contributed by atoms with Gasteiger partial charge in [-0.3, -0.25) is 10.2 Å². The molecule has 0 radical (unpaired) electrons. The summed E-state index contributed by atoms with van der Waals surface area (Å²) in [6.07, 6.45) is 5.10. The van der Waals surface area contributed by atoms with Crippen molar-refractivity contribution >= 4 is 16.9 Å². The number of pyridine rings is 1. The molecule has 2 heterocycles. The Morgan fingerprint density at radius 3 is 2.79 bits per heavy atom. The van der Waals surface area contributed by atoms with E-state index in [2.05, 4.69) is 27.8 Å². The first-order valence-corrected chi connectivity index (χ1v) is 7.91. The molecule has 2 aromatic heterocycles. The maximum atomic E-state index is 10.8. The predicted octanol–water partition coefficient (Wildman–Crippen LogP) is 3.25. The van der Waals surface area contributed by atoms with Crippen LogP contribution in [0.1, 0.15) is 12.8 Å². The lowest BCUT2D eigenvalue weighted by atomic mass is 10.2. The molecule has 1 aromatic carbocycles. The van der Waals surface area contributed by atoms with Gasteiger partial charge in [0.15, 0.2) is 0 Å². The number of aryl methyl sites for hydroxylation is 1. The summed E-state index contributed by atoms with van der Waals surface area (Å²) in [5.74, 6) is 0. The Morgan fingerprint density at radius 1 is 1.21 bits per heavy atom. The molecule has 0 atom stereocenters. The zero-order valence-electron chi connectivity index (χ0n) is 13.3. The van der Waals surface area contributed by atoms with E-state index < -0.39 is 6.03 Å². The quantitative estimate of drug-likeness (QED) is 0.415. The summed E-state index contributed by atoms with van der Waals surface area (Å²) in [6, 6.07) is 13.5. The number of urea groups is 1. The van der Waals surface area contributed by atoms with Crippen molar-refractivity contribution in [3.05, 3.63) is 54.9 Å². The average molecular weight is 324 g/mol. The van der Waals surface area contributed by atoms with E-state index in [1.165, 1.54) is 5.39 Å². The van der Waals surface area contributed by atoms with Crippen LogP contribution in [0.2, 0.25) is 0 Å². The minimum atomic E-state index is -0.822. The summed E-state index contributed by atoms with van der Waals surface area (Å²) >= 11 is 0. The summed E-state index contributed by atoms with van der Waals surface area (Å²) in [5.41, 5.74) is 8.35. The number of hydroxylamine groups is 2. The normalized spacial score (nSPS) is 10.9. The number of carbonyl (C=O) groups is 1.